The van der Waals surface area contributed by atoms with Crippen molar-refractivity contribution in [2.75, 3.05) is 39.6 Å². The van der Waals surface area contributed by atoms with Gasteiger partial charge in [-0.05, 0) is 6.42 Å². The molecule has 5 unspecified atom stereocenters. The van der Waals surface area contributed by atoms with Gasteiger partial charge in [0.1, 0.15) is 49.3 Å². The number of carbonyl (C=O) groups is 1. The van der Waals surface area contributed by atoms with Gasteiger partial charge in [-0.3, -0.25) is 4.79 Å². The molecule has 37 heavy (non-hydrogen) atoms. The Balaban J connectivity index is 1.79. The highest BCUT2D eigenvalue weighted by molar-refractivity contribution is 5.69. The Kier molecular flexibility index (Phi) is 14.2. The fourth-order valence-corrected chi connectivity index (χ4v) is 4.65. The minimum Gasteiger partial charge on any atom is -0.463 e. The number of aliphatic hydroxyl groups excluding tert-OH is 7. The van der Waals surface area contributed by atoms with E-state index in [9.17, 15) is 40.5 Å². The van der Waals surface area contributed by atoms with E-state index in [0.717, 1.165) is 19.3 Å². The lowest BCUT2D eigenvalue weighted by atomic mass is 9.78. The van der Waals surface area contributed by atoms with Gasteiger partial charge in [0.05, 0.1) is 44.6 Å². The van der Waals surface area contributed by atoms with Crippen molar-refractivity contribution in [2.24, 2.45) is 5.41 Å². The molecule has 2 saturated heterocycles. The second-order valence-electron chi connectivity index (χ2n) is 10.2. The van der Waals surface area contributed by atoms with Crippen molar-refractivity contribution < 1.29 is 59.5 Å². The monoisotopic (exact) mass is 538 g/mol. The van der Waals surface area contributed by atoms with Gasteiger partial charge < -0.3 is 54.7 Å². The van der Waals surface area contributed by atoms with Crippen LogP contribution in [0.3, 0.4) is 0 Å². The Labute approximate surface area is 218 Å². The Bertz CT molecular complexity index is 651. The van der Waals surface area contributed by atoms with Crippen molar-refractivity contribution in [3.05, 3.63) is 0 Å². The molecule has 12 heteroatoms. The number of unbranched alkanes of at least 4 members (excludes halogenated alkanes) is 6. The first kappa shape index (κ1) is 32.3. The van der Waals surface area contributed by atoms with Crippen LogP contribution < -0.4 is 0 Å². The fraction of sp³-hybridized carbons (Fsp3) is 0.960. The standard InChI is InChI=1S/C25H46O12/c1-2-3-4-5-6-7-8-9-19(28)35-12-18-21(30)23(32)20(29)17(37-18)11-34-14-25(13-27)15-36-16(10-26)22(31)24(25)33/h16-18,20-24,26-27,29-33H,2-15H2,1H3/t16-,17+,18?,20?,21-,22?,23?,24?,25+/m0/s1. The highest BCUT2D eigenvalue weighted by Crippen LogP contribution is 2.32. The van der Waals surface area contributed by atoms with E-state index in [1.165, 1.54) is 19.3 Å². The largest absolute Gasteiger partial charge is 0.463 e. The van der Waals surface area contributed by atoms with Crippen LogP contribution in [0.2, 0.25) is 0 Å². The highest BCUT2D eigenvalue weighted by atomic mass is 16.6. The first-order chi connectivity index (χ1) is 17.7. The lowest BCUT2D eigenvalue weighted by molar-refractivity contribution is -0.255. The molecule has 2 rings (SSSR count). The Hall–Kier alpha value is -0.930. The molecule has 0 saturated carbocycles. The second-order valence-corrected chi connectivity index (χ2v) is 10.2. The molecule has 12 nitrogen and oxygen atoms in total. The summed E-state index contributed by atoms with van der Waals surface area (Å²) in [6, 6.07) is 0. The summed E-state index contributed by atoms with van der Waals surface area (Å²) in [7, 11) is 0. The summed E-state index contributed by atoms with van der Waals surface area (Å²) in [4.78, 5) is 12.1. The normalized spacial score (nSPS) is 36.4. The lowest BCUT2D eigenvalue weighted by Crippen LogP contribution is -2.62. The minimum absolute atomic E-state index is 0.195. The molecule has 0 aromatic carbocycles. The maximum Gasteiger partial charge on any atom is 0.305 e. The van der Waals surface area contributed by atoms with Gasteiger partial charge in [-0.15, -0.1) is 0 Å². The smallest absolute Gasteiger partial charge is 0.305 e. The SMILES string of the molecule is CCCCCCCCCC(=O)OCC1O[C@H](COC[C@]2(CO)CO[C@@H](CO)C(O)C2O)C(O)C(O)[C@H]1O. The Morgan fingerprint density at radius 2 is 1.46 bits per heavy atom. The minimum atomic E-state index is -1.57. The van der Waals surface area contributed by atoms with Gasteiger partial charge in [0.2, 0.25) is 0 Å². The van der Waals surface area contributed by atoms with E-state index in [0.29, 0.717) is 6.42 Å². The molecule has 0 aliphatic carbocycles. The molecule has 2 aliphatic rings. The summed E-state index contributed by atoms with van der Waals surface area (Å²) >= 11 is 0. The predicted octanol–water partition coefficient (Wildman–Crippen LogP) is -1.37. The number of esters is 1. The maximum absolute atomic E-state index is 12.1. The van der Waals surface area contributed by atoms with Crippen molar-refractivity contribution in [3.63, 3.8) is 0 Å². The van der Waals surface area contributed by atoms with Crippen LogP contribution in [0.1, 0.15) is 58.3 Å². The lowest BCUT2D eigenvalue weighted by Gasteiger charge is -2.45. The van der Waals surface area contributed by atoms with Crippen LogP contribution in [0.25, 0.3) is 0 Å². The molecule has 0 amide bonds. The summed E-state index contributed by atoms with van der Waals surface area (Å²) in [6.45, 7) is -0.0180. The average Bonchev–Trinajstić information content (AvgIpc) is 2.90. The molecule has 2 aliphatic heterocycles. The number of ether oxygens (including phenoxy) is 4. The van der Waals surface area contributed by atoms with E-state index in [1.807, 2.05) is 0 Å². The second kappa shape index (κ2) is 16.2. The van der Waals surface area contributed by atoms with Gasteiger partial charge in [-0.1, -0.05) is 45.4 Å². The predicted molar refractivity (Wildman–Crippen MR) is 129 cm³/mol. The molecule has 2 heterocycles. The quantitative estimate of drug-likeness (QED) is 0.0901. The fourth-order valence-electron chi connectivity index (χ4n) is 4.65. The van der Waals surface area contributed by atoms with Gasteiger partial charge in [0, 0.05) is 6.42 Å². The van der Waals surface area contributed by atoms with Gasteiger partial charge >= 0.3 is 5.97 Å². The van der Waals surface area contributed by atoms with Gasteiger partial charge in [0.15, 0.2) is 0 Å². The van der Waals surface area contributed by atoms with E-state index in [-0.39, 0.29) is 32.8 Å². The third-order valence-electron chi connectivity index (χ3n) is 7.29. The number of carbonyl (C=O) groups excluding carboxylic acids is 1. The highest BCUT2D eigenvalue weighted by Gasteiger charge is 2.50. The number of rotatable bonds is 16. The molecule has 0 aromatic heterocycles. The Morgan fingerprint density at radius 3 is 2.08 bits per heavy atom. The summed E-state index contributed by atoms with van der Waals surface area (Å²) in [5, 5.41) is 70.5. The van der Waals surface area contributed by atoms with Crippen LogP contribution in [-0.4, -0.2) is 130 Å². The molecule has 0 radical (unpaired) electrons. The van der Waals surface area contributed by atoms with Crippen LogP contribution in [0, 0.1) is 5.41 Å². The molecule has 2 fully saturated rings. The van der Waals surface area contributed by atoms with Gasteiger partial charge in [-0.25, -0.2) is 0 Å². The van der Waals surface area contributed by atoms with Crippen LogP contribution in [0.4, 0.5) is 0 Å². The first-order valence-electron chi connectivity index (χ1n) is 13.3. The topological polar surface area (TPSA) is 196 Å². The van der Waals surface area contributed by atoms with Gasteiger partial charge in [-0.2, -0.15) is 0 Å². The summed E-state index contributed by atoms with van der Waals surface area (Å²) in [5.74, 6) is -0.436. The van der Waals surface area contributed by atoms with Crippen LogP contribution >= 0.6 is 0 Å². The zero-order chi connectivity index (χ0) is 27.4. The zero-order valence-electron chi connectivity index (χ0n) is 21.7. The third kappa shape index (κ3) is 9.06. The maximum atomic E-state index is 12.1. The molecular formula is C25H46O12. The van der Waals surface area contributed by atoms with Crippen LogP contribution in [-0.2, 0) is 23.7 Å². The number of aliphatic hydroxyl groups is 7. The molecule has 7 N–H and O–H groups in total. The van der Waals surface area contributed by atoms with Crippen molar-refractivity contribution in [3.8, 4) is 0 Å². The summed E-state index contributed by atoms with van der Waals surface area (Å²) < 4.78 is 21.8. The molecule has 218 valence electrons. The van der Waals surface area contributed by atoms with E-state index >= 15 is 0 Å². The third-order valence-corrected chi connectivity index (χ3v) is 7.29. The van der Waals surface area contributed by atoms with E-state index in [1.54, 1.807) is 0 Å². The summed E-state index contributed by atoms with van der Waals surface area (Å²) in [6.07, 6.45) is -2.98. The molecule has 0 aromatic rings. The molecule has 0 spiro atoms. The van der Waals surface area contributed by atoms with Gasteiger partial charge in [0.25, 0.3) is 0 Å². The van der Waals surface area contributed by atoms with Crippen molar-refractivity contribution >= 4 is 5.97 Å². The average molecular weight is 539 g/mol. The Morgan fingerprint density at radius 1 is 0.838 bits per heavy atom. The van der Waals surface area contributed by atoms with Crippen LogP contribution in [0.15, 0.2) is 0 Å². The van der Waals surface area contributed by atoms with Crippen molar-refractivity contribution in [1.82, 2.24) is 0 Å². The molecule has 9 atom stereocenters. The zero-order valence-corrected chi connectivity index (χ0v) is 21.7. The van der Waals surface area contributed by atoms with Crippen LogP contribution in [0.5, 0.6) is 0 Å². The number of hydrogen-bond donors (Lipinski definition) is 7. The molecule has 0 bridgehead atoms. The number of hydrogen-bond acceptors (Lipinski definition) is 12. The molecular weight excluding hydrogens is 492 g/mol. The van der Waals surface area contributed by atoms with E-state index in [2.05, 4.69) is 6.92 Å². The van der Waals surface area contributed by atoms with Crippen molar-refractivity contribution in [2.45, 2.75) is 107 Å². The van der Waals surface area contributed by atoms with E-state index < -0.39 is 73.4 Å². The van der Waals surface area contributed by atoms with E-state index in [4.69, 9.17) is 18.9 Å². The first-order valence-corrected chi connectivity index (χ1v) is 13.3. The summed E-state index contributed by atoms with van der Waals surface area (Å²) in [5.41, 5.74) is -1.38. The van der Waals surface area contributed by atoms with Crippen molar-refractivity contribution in [1.29, 1.82) is 0 Å².